The molecular weight excluding hydrogens is 192 g/mol. The van der Waals surface area contributed by atoms with E-state index in [0.717, 1.165) is 6.29 Å². The van der Waals surface area contributed by atoms with Gasteiger partial charge in [0.2, 0.25) is 0 Å². The van der Waals surface area contributed by atoms with Gasteiger partial charge in [-0.2, -0.15) is 0 Å². The smallest absolute Gasteiger partial charge is 0.150 e. The van der Waals surface area contributed by atoms with E-state index in [0.29, 0.717) is 30.8 Å². The quantitative estimate of drug-likeness (QED) is 0.529. The van der Waals surface area contributed by atoms with E-state index in [2.05, 4.69) is 0 Å². The fourth-order valence-electron chi connectivity index (χ4n) is 1.19. The van der Waals surface area contributed by atoms with Gasteiger partial charge in [-0.3, -0.25) is 4.79 Å². The zero-order chi connectivity index (χ0) is 11.1. The number of carbonyl (C=O) groups excluding carboxylic acids is 2. The monoisotopic (exact) mass is 206 g/mol. The number of hydrogen-bond acceptors (Lipinski definition) is 3. The van der Waals surface area contributed by atoms with Crippen molar-refractivity contribution in [1.82, 2.24) is 0 Å². The molecule has 0 amide bonds. The van der Waals surface area contributed by atoms with Crippen molar-refractivity contribution in [2.75, 3.05) is 6.61 Å². The first kappa shape index (κ1) is 11.4. The molecule has 0 radical (unpaired) electrons. The Hall–Kier alpha value is -1.64. The first-order chi connectivity index (χ1) is 7.22. The molecule has 3 heteroatoms. The van der Waals surface area contributed by atoms with Crippen molar-refractivity contribution in [2.24, 2.45) is 0 Å². The first-order valence-corrected chi connectivity index (χ1v) is 4.90. The van der Waals surface area contributed by atoms with Crippen LogP contribution in [0.2, 0.25) is 0 Å². The summed E-state index contributed by atoms with van der Waals surface area (Å²) >= 11 is 0. The van der Waals surface area contributed by atoms with Crippen LogP contribution in [0.25, 0.3) is 0 Å². The molecule has 0 aliphatic rings. The van der Waals surface area contributed by atoms with Gasteiger partial charge < -0.3 is 9.53 Å². The molecular formula is C12H14O3. The van der Waals surface area contributed by atoms with Crippen molar-refractivity contribution in [3.8, 4) is 5.75 Å². The third-order valence-electron chi connectivity index (χ3n) is 1.94. The molecule has 0 atom stereocenters. The van der Waals surface area contributed by atoms with E-state index in [-0.39, 0.29) is 5.78 Å². The van der Waals surface area contributed by atoms with Crippen molar-refractivity contribution in [1.29, 1.82) is 0 Å². The van der Waals surface area contributed by atoms with Gasteiger partial charge in [-0.25, -0.2) is 0 Å². The normalized spacial score (nSPS) is 9.67. The fourth-order valence-corrected chi connectivity index (χ4v) is 1.19. The van der Waals surface area contributed by atoms with Gasteiger partial charge in [-0.05, 0) is 25.5 Å². The van der Waals surface area contributed by atoms with Gasteiger partial charge in [-0.15, -0.1) is 0 Å². The molecule has 1 aromatic rings. The van der Waals surface area contributed by atoms with Crippen LogP contribution in [-0.4, -0.2) is 18.7 Å². The molecule has 0 spiro atoms. The standard InChI is InChI=1S/C12H14O3/c1-10(14)4-3-7-15-12-6-2-5-11(8-12)9-13/h2,5-6,8-9H,3-4,7H2,1H3. The van der Waals surface area contributed by atoms with Crippen LogP contribution in [-0.2, 0) is 4.79 Å². The molecule has 0 unspecified atom stereocenters. The molecule has 1 rings (SSSR count). The van der Waals surface area contributed by atoms with E-state index in [1.807, 2.05) is 0 Å². The lowest BCUT2D eigenvalue weighted by Crippen LogP contribution is -2.00. The van der Waals surface area contributed by atoms with E-state index < -0.39 is 0 Å². The van der Waals surface area contributed by atoms with E-state index in [9.17, 15) is 9.59 Å². The van der Waals surface area contributed by atoms with Crippen LogP contribution in [0.1, 0.15) is 30.1 Å². The number of carbonyl (C=O) groups is 2. The van der Waals surface area contributed by atoms with Gasteiger partial charge in [0.15, 0.2) is 0 Å². The third-order valence-corrected chi connectivity index (χ3v) is 1.94. The summed E-state index contributed by atoms with van der Waals surface area (Å²) < 4.78 is 5.39. The number of benzene rings is 1. The predicted molar refractivity (Wildman–Crippen MR) is 57.2 cm³/mol. The van der Waals surface area contributed by atoms with E-state index in [1.165, 1.54) is 0 Å². The Morgan fingerprint density at radius 3 is 2.93 bits per heavy atom. The largest absolute Gasteiger partial charge is 0.494 e. The zero-order valence-corrected chi connectivity index (χ0v) is 8.73. The molecule has 0 fully saturated rings. The second kappa shape index (κ2) is 5.96. The maximum absolute atomic E-state index is 10.7. The molecule has 0 aliphatic carbocycles. The average Bonchev–Trinajstić information content (AvgIpc) is 2.24. The highest BCUT2D eigenvalue weighted by Gasteiger charge is 1.97. The van der Waals surface area contributed by atoms with Crippen molar-refractivity contribution in [3.63, 3.8) is 0 Å². The highest BCUT2D eigenvalue weighted by Crippen LogP contribution is 2.12. The zero-order valence-electron chi connectivity index (χ0n) is 8.73. The fraction of sp³-hybridized carbons (Fsp3) is 0.333. The minimum atomic E-state index is 0.167. The Morgan fingerprint density at radius 2 is 2.27 bits per heavy atom. The first-order valence-electron chi connectivity index (χ1n) is 4.90. The predicted octanol–water partition coefficient (Wildman–Crippen LogP) is 2.25. The molecule has 0 N–H and O–H groups in total. The molecule has 0 aliphatic heterocycles. The topological polar surface area (TPSA) is 43.4 Å². The van der Waals surface area contributed by atoms with E-state index in [4.69, 9.17) is 4.74 Å². The SMILES string of the molecule is CC(=O)CCCOc1cccc(C=O)c1. The van der Waals surface area contributed by atoms with Crippen LogP contribution in [0.4, 0.5) is 0 Å². The lowest BCUT2D eigenvalue weighted by Gasteiger charge is -2.05. The summed E-state index contributed by atoms with van der Waals surface area (Å²) in [5.41, 5.74) is 0.596. The highest BCUT2D eigenvalue weighted by molar-refractivity contribution is 5.75. The van der Waals surface area contributed by atoms with Crippen LogP contribution < -0.4 is 4.74 Å². The number of ether oxygens (including phenoxy) is 1. The van der Waals surface area contributed by atoms with Crippen LogP contribution >= 0.6 is 0 Å². The van der Waals surface area contributed by atoms with Gasteiger partial charge in [0, 0.05) is 12.0 Å². The Kier molecular flexibility index (Phi) is 4.54. The average molecular weight is 206 g/mol. The summed E-state index contributed by atoms with van der Waals surface area (Å²) in [6, 6.07) is 6.96. The highest BCUT2D eigenvalue weighted by atomic mass is 16.5. The van der Waals surface area contributed by atoms with Crippen LogP contribution in [0.3, 0.4) is 0 Å². The number of rotatable bonds is 6. The van der Waals surface area contributed by atoms with Crippen molar-refractivity contribution < 1.29 is 14.3 Å². The minimum absolute atomic E-state index is 0.167. The Morgan fingerprint density at radius 1 is 1.47 bits per heavy atom. The summed E-state index contributed by atoms with van der Waals surface area (Å²) in [5, 5.41) is 0. The van der Waals surface area contributed by atoms with Gasteiger partial charge in [-0.1, -0.05) is 12.1 Å². The van der Waals surface area contributed by atoms with Gasteiger partial charge in [0.25, 0.3) is 0 Å². The van der Waals surface area contributed by atoms with Crippen molar-refractivity contribution in [2.45, 2.75) is 19.8 Å². The number of aldehydes is 1. The Balaban J connectivity index is 2.37. The van der Waals surface area contributed by atoms with Crippen LogP contribution in [0, 0.1) is 0 Å². The summed E-state index contributed by atoms with van der Waals surface area (Å²) in [4.78, 5) is 21.1. The molecule has 1 aromatic carbocycles. The molecule has 0 aromatic heterocycles. The van der Waals surface area contributed by atoms with Gasteiger partial charge in [0.05, 0.1) is 6.61 Å². The molecule has 0 saturated heterocycles. The number of hydrogen-bond donors (Lipinski definition) is 0. The number of Topliss-reactive ketones (excluding diaryl/α,β-unsaturated/α-hetero) is 1. The molecule has 0 bridgehead atoms. The van der Waals surface area contributed by atoms with Gasteiger partial charge >= 0.3 is 0 Å². The minimum Gasteiger partial charge on any atom is -0.494 e. The molecule has 0 saturated carbocycles. The second-order valence-electron chi connectivity index (χ2n) is 3.34. The Bertz CT molecular complexity index is 344. The summed E-state index contributed by atoms with van der Waals surface area (Å²) in [6.07, 6.45) is 2.02. The molecule has 3 nitrogen and oxygen atoms in total. The molecule has 0 heterocycles. The van der Waals surface area contributed by atoms with Crippen LogP contribution in [0.5, 0.6) is 5.75 Å². The van der Waals surface area contributed by atoms with Gasteiger partial charge in [0.1, 0.15) is 17.8 Å². The second-order valence-corrected chi connectivity index (χ2v) is 3.34. The molecule has 80 valence electrons. The Labute approximate surface area is 89.1 Å². The lowest BCUT2D eigenvalue weighted by atomic mass is 10.2. The van der Waals surface area contributed by atoms with Crippen molar-refractivity contribution in [3.05, 3.63) is 29.8 Å². The maximum atomic E-state index is 10.7. The van der Waals surface area contributed by atoms with Crippen LogP contribution in [0.15, 0.2) is 24.3 Å². The van der Waals surface area contributed by atoms with Crippen molar-refractivity contribution >= 4 is 12.1 Å². The number of ketones is 1. The molecule has 15 heavy (non-hydrogen) atoms. The summed E-state index contributed by atoms with van der Waals surface area (Å²) in [6.45, 7) is 2.06. The van der Waals surface area contributed by atoms with E-state index in [1.54, 1.807) is 31.2 Å². The third kappa shape index (κ3) is 4.40. The summed E-state index contributed by atoms with van der Waals surface area (Å²) in [5.74, 6) is 0.836. The maximum Gasteiger partial charge on any atom is 0.150 e. The van der Waals surface area contributed by atoms with E-state index >= 15 is 0 Å². The summed E-state index contributed by atoms with van der Waals surface area (Å²) in [7, 11) is 0. The lowest BCUT2D eigenvalue weighted by molar-refractivity contribution is -0.117.